The summed E-state index contributed by atoms with van der Waals surface area (Å²) in [5.74, 6) is -0.0785. The Morgan fingerprint density at radius 3 is 2.38 bits per heavy atom. The van der Waals surface area contributed by atoms with E-state index in [1.54, 1.807) is 12.1 Å². The lowest BCUT2D eigenvalue weighted by molar-refractivity contribution is -0.130. The summed E-state index contributed by atoms with van der Waals surface area (Å²) in [5.41, 5.74) is 1.95. The molecule has 2 aromatic rings. The van der Waals surface area contributed by atoms with Crippen LogP contribution >= 0.6 is 0 Å². The third-order valence-electron chi connectivity index (χ3n) is 4.76. The van der Waals surface area contributed by atoms with Crippen molar-refractivity contribution in [3.63, 3.8) is 0 Å². The summed E-state index contributed by atoms with van der Waals surface area (Å²) in [7, 11) is 0. The molecule has 1 N–H and O–H groups in total. The van der Waals surface area contributed by atoms with Gasteiger partial charge in [0.1, 0.15) is 5.82 Å². The zero-order valence-electron chi connectivity index (χ0n) is 15.0. The standard InChI is InChI=1S/C21H26FN3O/c22-19-10-4-5-11-20(19)24-13-15-25(16-14-24)21(26)17-23-12-6-9-18-7-2-1-3-8-18/h1-5,7-8,10-11,23H,6,9,12-17H2. The molecule has 0 spiro atoms. The normalized spacial score (nSPS) is 14.5. The van der Waals surface area contributed by atoms with Crippen LogP contribution in [0.15, 0.2) is 54.6 Å². The van der Waals surface area contributed by atoms with E-state index in [9.17, 15) is 9.18 Å². The lowest BCUT2D eigenvalue weighted by atomic mass is 10.1. The number of rotatable bonds is 7. The smallest absolute Gasteiger partial charge is 0.236 e. The number of anilines is 1. The molecule has 0 bridgehead atoms. The zero-order chi connectivity index (χ0) is 18.2. The quantitative estimate of drug-likeness (QED) is 0.776. The van der Waals surface area contributed by atoms with E-state index in [0.717, 1.165) is 19.4 Å². The first kappa shape index (κ1) is 18.4. The van der Waals surface area contributed by atoms with Crippen molar-refractivity contribution in [1.29, 1.82) is 0 Å². The van der Waals surface area contributed by atoms with E-state index in [4.69, 9.17) is 0 Å². The maximum atomic E-state index is 13.9. The van der Waals surface area contributed by atoms with Crippen molar-refractivity contribution in [1.82, 2.24) is 10.2 Å². The minimum absolute atomic E-state index is 0.123. The number of carbonyl (C=O) groups excluding carboxylic acids is 1. The Kier molecular flexibility index (Phi) is 6.61. The van der Waals surface area contributed by atoms with Gasteiger partial charge >= 0.3 is 0 Å². The molecule has 1 heterocycles. The van der Waals surface area contributed by atoms with E-state index in [1.807, 2.05) is 34.1 Å². The number of para-hydroxylation sites is 1. The fourth-order valence-corrected chi connectivity index (χ4v) is 3.27. The van der Waals surface area contributed by atoms with Gasteiger partial charge in [0.2, 0.25) is 5.91 Å². The Balaban J connectivity index is 1.34. The molecule has 4 nitrogen and oxygen atoms in total. The largest absolute Gasteiger partial charge is 0.366 e. The molecule has 1 amide bonds. The van der Waals surface area contributed by atoms with E-state index >= 15 is 0 Å². The molecule has 0 aliphatic carbocycles. The average Bonchev–Trinajstić information content (AvgIpc) is 2.69. The molecule has 1 fully saturated rings. The van der Waals surface area contributed by atoms with Crippen molar-refractivity contribution in [3.05, 3.63) is 66.0 Å². The number of hydrogen-bond donors (Lipinski definition) is 1. The second kappa shape index (κ2) is 9.34. The van der Waals surface area contributed by atoms with Crippen LogP contribution in [0.25, 0.3) is 0 Å². The Labute approximate surface area is 154 Å². The number of hydrogen-bond acceptors (Lipinski definition) is 3. The Bertz CT molecular complexity index is 699. The molecule has 0 saturated carbocycles. The van der Waals surface area contributed by atoms with Gasteiger partial charge < -0.3 is 15.1 Å². The van der Waals surface area contributed by atoms with Crippen LogP contribution in [0.5, 0.6) is 0 Å². The summed E-state index contributed by atoms with van der Waals surface area (Å²) >= 11 is 0. The van der Waals surface area contributed by atoms with Crippen LogP contribution in [-0.2, 0) is 11.2 Å². The fourth-order valence-electron chi connectivity index (χ4n) is 3.27. The molecule has 2 aromatic carbocycles. The third-order valence-corrected chi connectivity index (χ3v) is 4.76. The van der Waals surface area contributed by atoms with E-state index in [2.05, 4.69) is 17.4 Å². The number of nitrogens with one attached hydrogen (secondary N) is 1. The SMILES string of the molecule is O=C(CNCCCc1ccccc1)N1CCN(c2ccccc2F)CC1. The van der Waals surface area contributed by atoms with Crippen molar-refractivity contribution in [2.75, 3.05) is 44.2 Å². The molecule has 138 valence electrons. The number of carbonyl (C=O) groups is 1. The van der Waals surface area contributed by atoms with Gasteiger partial charge in [-0.3, -0.25) is 4.79 Å². The Morgan fingerprint density at radius 2 is 1.65 bits per heavy atom. The van der Waals surface area contributed by atoms with E-state index in [-0.39, 0.29) is 11.7 Å². The number of nitrogens with zero attached hydrogens (tertiary/aromatic N) is 2. The van der Waals surface area contributed by atoms with Crippen molar-refractivity contribution < 1.29 is 9.18 Å². The highest BCUT2D eigenvalue weighted by molar-refractivity contribution is 5.78. The molecule has 0 aromatic heterocycles. The molecule has 1 aliphatic rings. The van der Waals surface area contributed by atoms with Gasteiger partial charge in [-0.15, -0.1) is 0 Å². The summed E-state index contributed by atoms with van der Waals surface area (Å²) in [6.45, 7) is 3.81. The predicted octanol–water partition coefficient (Wildman–Crippen LogP) is 2.70. The average molecular weight is 355 g/mol. The van der Waals surface area contributed by atoms with E-state index < -0.39 is 0 Å². The molecular formula is C21H26FN3O. The fraction of sp³-hybridized carbons (Fsp3) is 0.381. The summed E-state index contributed by atoms with van der Waals surface area (Å²) in [6.07, 6.45) is 2.03. The van der Waals surface area contributed by atoms with Crippen LogP contribution in [0.3, 0.4) is 0 Å². The topological polar surface area (TPSA) is 35.6 Å². The number of halogens is 1. The zero-order valence-corrected chi connectivity index (χ0v) is 15.0. The first-order chi connectivity index (χ1) is 12.7. The number of aryl methyl sites for hydroxylation is 1. The van der Waals surface area contributed by atoms with Crippen LogP contribution in [0.1, 0.15) is 12.0 Å². The summed E-state index contributed by atoms with van der Waals surface area (Å²) in [5, 5.41) is 3.24. The monoisotopic (exact) mass is 355 g/mol. The first-order valence-corrected chi connectivity index (χ1v) is 9.26. The maximum absolute atomic E-state index is 13.9. The van der Waals surface area contributed by atoms with Crippen molar-refractivity contribution >= 4 is 11.6 Å². The van der Waals surface area contributed by atoms with Crippen LogP contribution in [-0.4, -0.2) is 50.1 Å². The van der Waals surface area contributed by atoms with Crippen LogP contribution in [0.2, 0.25) is 0 Å². The van der Waals surface area contributed by atoms with Crippen LogP contribution in [0, 0.1) is 5.82 Å². The highest BCUT2D eigenvalue weighted by Crippen LogP contribution is 2.20. The molecule has 0 atom stereocenters. The lowest BCUT2D eigenvalue weighted by Crippen LogP contribution is -2.51. The van der Waals surface area contributed by atoms with Crippen molar-refractivity contribution in [2.45, 2.75) is 12.8 Å². The maximum Gasteiger partial charge on any atom is 0.236 e. The van der Waals surface area contributed by atoms with Crippen LogP contribution < -0.4 is 10.2 Å². The Hall–Kier alpha value is -2.40. The van der Waals surface area contributed by atoms with Gasteiger partial charge in [-0.2, -0.15) is 0 Å². The van der Waals surface area contributed by atoms with Crippen LogP contribution in [0.4, 0.5) is 10.1 Å². The lowest BCUT2D eigenvalue weighted by Gasteiger charge is -2.36. The first-order valence-electron chi connectivity index (χ1n) is 9.26. The van der Waals surface area contributed by atoms with E-state index in [1.165, 1.54) is 11.6 Å². The molecule has 1 aliphatic heterocycles. The van der Waals surface area contributed by atoms with Crippen molar-refractivity contribution in [3.8, 4) is 0 Å². The minimum atomic E-state index is -0.202. The van der Waals surface area contributed by atoms with Gasteiger partial charge in [-0.1, -0.05) is 42.5 Å². The van der Waals surface area contributed by atoms with Crippen molar-refractivity contribution in [2.24, 2.45) is 0 Å². The number of amides is 1. The molecule has 26 heavy (non-hydrogen) atoms. The van der Waals surface area contributed by atoms with E-state index in [0.29, 0.717) is 38.4 Å². The van der Waals surface area contributed by atoms with Gasteiger partial charge in [0.15, 0.2) is 0 Å². The highest BCUT2D eigenvalue weighted by atomic mass is 19.1. The highest BCUT2D eigenvalue weighted by Gasteiger charge is 2.22. The summed E-state index contributed by atoms with van der Waals surface area (Å²) < 4.78 is 13.9. The van der Waals surface area contributed by atoms with Gasteiger partial charge in [0.05, 0.1) is 12.2 Å². The second-order valence-corrected chi connectivity index (χ2v) is 6.59. The predicted molar refractivity (Wildman–Crippen MR) is 103 cm³/mol. The number of piperazine rings is 1. The minimum Gasteiger partial charge on any atom is -0.366 e. The molecule has 5 heteroatoms. The molecular weight excluding hydrogens is 329 g/mol. The molecule has 3 rings (SSSR count). The summed E-state index contributed by atoms with van der Waals surface area (Å²) in [4.78, 5) is 16.2. The van der Waals surface area contributed by atoms with Gasteiger partial charge in [-0.25, -0.2) is 4.39 Å². The van der Waals surface area contributed by atoms with Gasteiger partial charge in [0.25, 0.3) is 0 Å². The molecule has 0 radical (unpaired) electrons. The molecule has 0 unspecified atom stereocenters. The third kappa shape index (κ3) is 5.05. The van der Waals surface area contributed by atoms with Gasteiger partial charge in [0, 0.05) is 26.2 Å². The molecule has 1 saturated heterocycles. The van der Waals surface area contributed by atoms with Gasteiger partial charge in [-0.05, 0) is 37.1 Å². The summed E-state index contributed by atoms with van der Waals surface area (Å²) in [6, 6.07) is 17.2. The second-order valence-electron chi connectivity index (χ2n) is 6.59. The Morgan fingerprint density at radius 1 is 0.962 bits per heavy atom. The number of benzene rings is 2.